The zero-order chi connectivity index (χ0) is 14.1. The number of rotatable bonds is 9. The zero-order valence-electron chi connectivity index (χ0n) is 11.7. The first kappa shape index (κ1) is 16.6. The highest BCUT2D eigenvalue weighted by Gasteiger charge is 2.09. The summed E-state index contributed by atoms with van der Waals surface area (Å²) >= 11 is 3.12. The molecule has 0 amide bonds. The van der Waals surface area contributed by atoms with Gasteiger partial charge in [0.15, 0.2) is 0 Å². The van der Waals surface area contributed by atoms with Crippen molar-refractivity contribution in [3.05, 3.63) is 34.1 Å². The van der Waals surface area contributed by atoms with E-state index >= 15 is 0 Å². The maximum atomic E-state index is 13.3. The lowest BCUT2D eigenvalue weighted by atomic mass is 10.0. The van der Waals surface area contributed by atoms with E-state index in [1.807, 2.05) is 0 Å². The molecule has 1 unspecified atom stereocenters. The van der Waals surface area contributed by atoms with E-state index in [2.05, 4.69) is 22.9 Å². The number of aliphatic hydroxyl groups is 1. The molecule has 0 aliphatic rings. The quantitative estimate of drug-likeness (QED) is 0.570. The molecule has 19 heavy (non-hydrogen) atoms. The van der Waals surface area contributed by atoms with Crippen molar-refractivity contribution in [2.24, 2.45) is 0 Å². The van der Waals surface area contributed by atoms with E-state index in [9.17, 15) is 9.50 Å². The van der Waals surface area contributed by atoms with Crippen molar-refractivity contribution in [3.63, 3.8) is 0 Å². The molecule has 1 N–H and O–H groups in total. The monoisotopic (exact) mass is 330 g/mol. The molecule has 1 aromatic carbocycles. The van der Waals surface area contributed by atoms with Crippen LogP contribution < -0.4 is 0 Å². The van der Waals surface area contributed by atoms with E-state index in [0.717, 1.165) is 19.3 Å². The van der Waals surface area contributed by atoms with Gasteiger partial charge in [0.1, 0.15) is 5.82 Å². The molecule has 0 bridgehead atoms. The molecule has 0 heterocycles. The lowest BCUT2D eigenvalue weighted by Gasteiger charge is -2.11. The normalized spacial score (nSPS) is 12.6. The van der Waals surface area contributed by atoms with Crippen molar-refractivity contribution in [2.75, 3.05) is 0 Å². The minimum atomic E-state index is -0.543. The second-order valence-electron chi connectivity index (χ2n) is 5.10. The van der Waals surface area contributed by atoms with Gasteiger partial charge in [0, 0.05) is 0 Å². The van der Waals surface area contributed by atoms with Gasteiger partial charge in [-0.1, -0.05) is 57.9 Å². The van der Waals surface area contributed by atoms with Crippen LogP contribution in [0.5, 0.6) is 0 Å². The third-order valence-electron chi connectivity index (χ3n) is 3.41. The van der Waals surface area contributed by atoms with Crippen molar-refractivity contribution in [1.82, 2.24) is 0 Å². The van der Waals surface area contributed by atoms with Crippen LogP contribution in [-0.4, -0.2) is 5.11 Å². The van der Waals surface area contributed by atoms with Crippen LogP contribution in [0.3, 0.4) is 0 Å². The van der Waals surface area contributed by atoms with Gasteiger partial charge in [-0.2, -0.15) is 0 Å². The fourth-order valence-corrected chi connectivity index (χ4v) is 2.43. The van der Waals surface area contributed by atoms with Crippen LogP contribution in [0.1, 0.15) is 70.0 Å². The van der Waals surface area contributed by atoms with E-state index in [1.54, 1.807) is 12.1 Å². The van der Waals surface area contributed by atoms with Gasteiger partial charge >= 0.3 is 0 Å². The van der Waals surface area contributed by atoms with Crippen molar-refractivity contribution in [3.8, 4) is 0 Å². The average molecular weight is 331 g/mol. The van der Waals surface area contributed by atoms with Crippen molar-refractivity contribution in [2.45, 2.75) is 64.4 Å². The van der Waals surface area contributed by atoms with Gasteiger partial charge in [-0.25, -0.2) is 4.39 Å². The van der Waals surface area contributed by atoms with Gasteiger partial charge in [0.2, 0.25) is 0 Å². The van der Waals surface area contributed by atoms with Gasteiger partial charge in [-0.05, 0) is 40.0 Å². The number of halogens is 2. The van der Waals surface area contributed by atoms with Crippen LogP contribution in [-0.2, 0) is 0 Å². The molecule has 1 rings (SSSR count). The Morgan fingerprint density at radius 3 is 2.37 bits per heavy atom. The topological polar surface area (TPSA) is 20.2 Å². The van der Waals surface area contributed by atoms with E-state index in [0.29, 0.717) is 10.0 Å². The summed E-state index contributed by atoms with van der Waals surface area (Å²) in [5, 5.41) is 9.99. The molecule has 0 radical (unpaired) electrons. The van der Waals surface area contributed by atoms with Gasteiger partial charge in [0.05, 0.1) is 10.6 Å². The van der Waals surface area contributed by atoms with Crippen LogP contribution in [0.15, 0.2) is 22.7 Å². The summed E-state index contributed by atoms with van der Waals surface area (Å²) in [7, 11) is 0. The summed E-state index contributed by atoms with van der Waals surface area (Å²) in [5.41, 5.74) is 0.673. The highest BCUT2D eigenvalue weighted by molar-refractivity contribution is 9.10. The minimum absolute atomic E-state index is 0.309. The molecule has 0 aliphatic carbocycles. The van der Waals surface area contributed by atoms with Crippen LogP contribution in [0.2, 0.25) is 0 Å². The lowest BCUT2D eigenvalue weighted by molar-refractivity contribution is 0.163. The molecule has 0 aliphatic heterocycles. The molecule has 0 saturated carbocycles. The second kappa shape index (κ2) is 9.49. The molecular formula is C16H24BrFO. The Balaban J connectivity index is 2.20. The van der Waals surface area contributed by atoms with E-state index < -0.39 is 6.10 Å². The molecule has 1 aromatic rings. The predicted molar refractivity (Wildman–Crippen MR) is 81.7 cm³/mol. The minimum Gasteiger partial charge on any atom is -0.388 e. The first-order valence-electron chi connectivity index (χ1n) is 7.28. The summed E-state index contributed by atoms with van der Waals surface area (Å²) in [6.45, 7) is 2.22. The highest BCUT2D eigenvalue weighted by Crippen LogP contribution is 2.24. The summed E-state index contributed by atoms with van der Waals surface area (Å²) < 4.78 is 13.8. The molecule has 3 heteroatoms. The van der Waals surface area contributed by atoms with E-state index in [4.69, 9.17) is 0 Å². The fourth-order valence-electron chi connectivity index (χ4n) is 2.18. The molecule has 108 valence electrons. The zero-order valence-corrected chi connectivity index (χ0v) is 13.3. The van der Waals surface area contributed by atoms with Crippen molar-refractivity contribution < 1.29 is 9.50 Å². The maximum absolute atomic E-state index is 13.3. The molecule has 0 fully saturated rings. The summed E-state index contributed by atoms with van der Waals surface area (Å²) in [6, 6.07) is 4.84. The van der Waals surface area contributed by atoms with Gasteiger partial charge < -0.3 is 5.11 Å². The van der Waals surface area contributed by atoms with Crippen LogP contribution >= 0.6 is 15.9 Å². The fraction of sp³-hybridized carbons (Fsp3) is 0.625. The lowest BCUT2D eigenvalue weighted by Crippen LogP contribution is -1.98. The molecule has 1 nitrogen and oxygen atoms in total. The van der Waals surface area contributed by atoms with E-state index in [-0.39, 0.29) is 5.82 Å². The Morgan fingerprint density at radius 2 is 1.74 bits per heavy atom. The van der Waals surface area contributed by atoms with Crippen LogP contribution in [0.25, 0.3) is 0 Å². The molecular weight excluding hydrogens is 307 g/mol. The predicted octanol–water partition coefficient (Wildman–Crippen LogP) is 5.76. The van der Waals surface area contributed by atoms with Gasteiger partial charge in [0.25, 0.3) is 0 Å². The van der Waals surface area contributed by atoms with E-state index in [1.165, 1.54) is 38.2 Å². The maximum Gasteiger partial charge on any atom is 0.137 e. The Morgan fingerprint density at radius 1 is 1.11 bits per heavy atom. The summed E-state index contributed by atoms with van der Waals surface area (Å²) in [4.78, 5) is 0. The third-order valence-corrected chi connectivity index (χ3v) is 4.05. The number of unbranched alkanes of at least 4 members (excludes halogenated alkanes) is 6. The Bertz CT molecular complexity index is 368. The smallest absolute Gasteiger partial charge is 0.137 e. The molecule has 0 spiro atoms. The number of aliphatic hydroxyl groups excluding tert-OH is 1. The SMILES string of the molecule is CCCCCCCCCC(O)c1ccc(Br)c(F)c1. The summed E-state index contributed by atoms with van der Waals surface area (Å²) in [6.07, 6.45) is 8.77. The standard InChI is InChI=1S/C16H24BrFO/c1-2-3-4-5-6-7-8-9-16(19)13-10-11-14(17)15(18)12-13/h10-12,16,19H,2-9H2,1H3. The van der Waals surface area contributed by atoms with Gasteiger partial charge in [-0.3, -0.25) is 0 Å². The number of hydrogen-bond acceptors (Lipinski definition) is 1. The molecule has 0 saturated heterocycles. The highest BCUT2D eigenvalue weighted by atomic mass is 79.9. The van der Waals surface area contributed by atoms with Crippen LogP contribution in [0, 0.1) is 5.82 Å². The number of benzene rings is 1. The largest absolute Gasteiger partial charge is 0.388 e. The Labute approximate surface area is 124 Å². The Kier molecular flexibility index (Phi) is 8.31. The molecule has 0 aromatic heterocycles. The number of hydrogen-bond donors (Lipinski definition) is 1. The van der Waals surface area contributed by atoms with Gasteiger partial charge in [-0.15, -0.1) is 0 Å². The first-order chi connectivity index (χ1) is 9.15. The van der Waals surface area contributed by atoms with Crippen LogP contribution in [0.4, 0.5) is 4.39 Å². The Hall–Kier alpha value is -0.410. The molecule has 1 atom stereocenters. The second-order valence-corrected chi connectivity index (χ2v) is 5.95. The average Bonchev–Trinajstić information content (AvgIpc) is 2.40. The van der Waals surface area contributed by atoms with Crippen molar-refractivity contribution >= 4 is 15.9 Å². The third kappa shape index (κ3) is 6.53. The first-order valence-corrected chi connectivity index (χ1v) is 8.07. The van der Waals surface area contributed by atoms with Crippen molar-refractivity contribution in [1.29, 1.82) is 0 Å². The summed E-state index contributed by atoms with van der Waals surface area (Å²) in [5.74, 6) is -0.309.